The number of benzene rings is 1. The molecule has 0 saturated heterocycles. The summed E-state index contributed by atoms with van der Waals surface area (Å²) < 4.78 is 5.44. The lowest BCUT2D eigenvalue weighted by Crippen LogP contribution is -2.42. The average molecular weight is 348 g/mol. The number of aromatic nitrogens is 1. The van der Waals surface area contributed by atoms with Gasteiger partial charge in [-0.1, -0.05) is 30.3 Å². The lowest BCUT2D eigenvalue weighted by molar-refractivity contribution is -0.139. The maximum absolute atomic E-state index is 12.3. The number of nitrogens with one attached hydrogen (secondary N) is 1. The molecule has 1 heterocycles. The topological polar surface area (TPSA) is 88.5 Å². The van der Waals surface area contributed by atoms with Gasteiger partial charge in [0.05, 0.1) is 6.20 Å². The number of aliphatic carboxylic acids is 1. The molecule has 2 aromatic rings. The lowest BCUT2D eigenvalue weighted by Gasteiger charge is -2.14. The van der Waals surface area contributed by atoms with Crippen LogP contribution in [0.1, 0.15) is 40.2 Å². The number of carboxylic acid groups (broad SMARTS) is 1. The van der Waals surface area contributed by atoms with E-state index in [1.807, 2.05) is 44.2 Å². The van der Waals surface area contributed by atoms with Gasteiger partial charge in [-0.15, -0.1) is 11.3 Å². The molecule has 0 bridgehead atoms. The first-order valence-corrected chi connectivity index (χ1v) is 8.47. The van der Waals surface area contributed by atoms with Crippen LogP contribution in [0.15, 0.2) is 36.5 Å². The van der Waals surface area contributed by atoms with E-state index >= 15 is 0 Å². The van der Waals surface area contributed by atoms with Crippen LogP contribution in [0.25, 0.3) is 0 Å². The van der Waals surface area contributed by atoms with Gasteiger partial charge in [-0.05, 0) is 19.4 Å². The molecule has 24 heavy (non-hydrogen) atoms. The van der Waals surface area contributed by atoms with Crippen molar-refractivity contribution >= 4 is 23.2 Å². The summed E-state index contributed by atoms with van der Waals surface area (Å²) in [4.78, 5) is 28.3. The summed E-state index contributed by atoms with van der Waals surface area (Å²) in [6, 6.07) is 8.19. The van der Waals surface area contributed by atoms with Crippen molar-refractivity contribution in [2.75, 3.05) is 6.61 Å². The Morgan fingerprint density at radius 1 is 1.33 bits per heavy atom. The van der Waals surface area contributed by atoms with Crippen LogP contribution in [0.3, 0.4) is 0 Å². The SMILES string of the molecule is CCOC(C)c1ncc(C(=O)N[C@@H](Cc2ccccc2)C(=O)O)s1. The van der Waals surface area contributed by atoms with Gasteiger partial charge in [0.15, 0.2) is 0 Å². The van der Waals surface area contributed by atoms with Crippen molar-refractivity contribution in [3.8, 4) is 0 Å². The lowest BCUT2D eigenvalue weighted by atomic mass is 10.1. The molecule has 2 N–H and O–H groups in total. The fraction of sp³-hybridized carbons (Fsp3) is 0.353. The summed E-state index contributed by atoms with van der Waals surface area (Å²) in [6.07, 6.45) is 1.48. The van der Waals surface area contributed by atoms with Crippen molar-refractivity contribution in [2.45, 2.75) is 32.4 Å². The van der Waals surface area contributed by atoms with Crippen molar-refractivity contribution in [3.05, 3.63) is 52.0 Å². The minimum Gasteiger partial charge on any atom is -0.480 e. The highest BCUT2D eigenvalue weighted by molar-refractivity contribution is 7.13. The molecule has 128 valence electrons. The van der Waals surface area contributed by atoms with Crippen LogP contribution in [-0.2, 0) is 16.0 Å². The number of thiazole rings is 1. The quantitative estimate of drug-likeness (QED) is 0.766. The van der Waals surface area contributed by atoms with Crippen LogP contribution < -0.4 is 5.32 Å². The van der Waals surface area contributed by atoms with Crippen LogP contribution in [-0.4, -0.2) is 34.6 Å². The summed E-state index contributed by atoms with van der Waals surface area (Å²) in [5.74, 6) is -1.51. The number of rotatable bonds is 8. The molecule has 0 radical (unpaired) electrons. The number of carbonyl (C=O) groups excluding carboxylic acids is 1. The first-order chi connectivity index (χ1) is 11.5. The standard InChI is InChI=1S/C17H20N2O4S/c1-3-23-11(2)16-18-10-14(24-16)15(20)19-13(17(21)22)9-12-7-5-4-6-8-12/h4-8,10-11,13H,3,9H2,1-2H3,(H,19,20)(H,21,22)/t11?,13-/m0/s1. The summed E-state index contributed by atoms with van der Waals surface area (Å²) in [6.45, 7) is 4.30. The number of hydrogen-bond donors (Lipinski definition) is 2. The highest BCUT2D eigenvalue weighted by Gasteiger charge is 2.23. The van der Waals surface area contributed by atoms with Crippen molar-refractivity contribution in [2.24, 2.45) is 0 Å². The predicted molar refractivity (Wildman–Crippen MR) is 91.2 cm³/mol. The second kappa shape index (κ2) is 8.56. The molecule has 2 atom stereocenters. The summed E-state index contributed by atoms with van der Waals surface area (Å²) in [5.41, 5.74) is 0.847. The van der Waals surface area contributed by atoms with Crippen LogP contribution in [0, 0.1) is 0 Å². The normalized spacial score (nSPS) is 13.2. The Bertz CT molecular complexity index is 687. The molecular formula is C17H20N2O4S. The maximum Gasteiger partial charge on any atom is 0.326 e. The van der Waals surface area contributed by atoms with E-state index in [1.54, 1.807) is 0 Å². The monoisotopic (exact) mass is 348 g/mol. The third-order valence-electron chi connectivity index (χ3n) is 3.40. The fourth-order valence-corrected chi connectivity index (χ4v) is 3.00. The van der Waals surface area contributed by atoms with E-state index in [0.717, 1.165) is 5.56 Å². The molecule has 1 aromatic heterocycles. The Balaban J connectivity index is 2.04. The summed E-state index contributed by atoms with van der Waals surface area (Å²) in [7, 11) is 0. The first kappa shape index (κ1) is 18.1. The van der Waals surface area contributed by atoms with E-state index in [9.17, 15) is 14.7 Å². The zero-order chi connectivity index (χ0) is 17.5. The van der Waals surface area contributed by atoms with Gasteiger partial charge in [-0.3, -0.25) is 4.79 Å². The molecule has 1 unspecified atom stereocenters. The van der Waals surface area contributed by atoms with E-state index in [2.05, 4.69) is 10.3 Å². The van der Waals surface area contributed by atoms with Crippen LogP contribution in [0.5, 0.6) is 0 Å². The van der Waals surface area contributed by atoms with Crippen molar-refractivity contribution in [1.29, 1.82) is 0 Å². The van der Waals surface area contributed by atoms with E-state index in [1.165, 1.54) is 17.5 Å². The molecule has 1 amide bonds. The Labute approximate surface area is 144 Å². The Morgan fingerprint density at radius 2 is 2.04 bits per heavy atom. The van der Waals surface area contributed by atoms with Crippen molar-refractivity contribution < 1.29 is 19.4 Å². The molecule has 1 aromatic carbocycles. The highest BCUT2D eigenvalue weighted by Crippen LogP contribution is 2.22. The van der Waals surface area contributed by atoms with Gasteiger partial charge in [-0.25, -0.2) is 9.78 Å². The molecule has 0 aliphatic carbocycles. The number of amides is 1. The van der Waals surface area contributed by atoms with Gasteiger partial charge in [0.25, 0.3) is 5.91 Å². The highest BCUT2D eigenvalue weighted by atomic mass is 32.1. The third-order valence-corrected chi connectivity index (χ3v) is 4.56. The van der Waals surface area contributed by atoms with Crippen LogP contribution >= 0.6 is 11.3 Å². The van der Waals surface area contributed by atoms with Gasteiger partial charge >= 0.3 is 5.97 Å². The van der Waals surface area contributed by atoms with Crippen LogP contribution in [0.4, 0.5) is 0 Å². The smallest absolute Gasteiger partial charge is 0.326 e. The second-order valence-electron chi connectivity index (χ2n) is 5.21. The van der Waals surface area contributed by atoms with E-state index in [4.69, 9.17) is 4.74 Å². The second-order valence-corrected chi connectivity index (χ2v) is 6.28. The van der Waals surface area contributed by atoms with E-state index in [0.29, 0.717) is 16.5 Å². The minimum absolute atomic E-state index is 0.193. The molecule has 0 saturated carbocycles. The largest absolute Gasteiger partial charge is 0.480 e. The minimum atomic E-state index is -1.07. The molecule has 6 nitrogen and oxygen atoms in total. The third kappa shape index (κ3) is 4.87. The Morgan fingerprint density at radius 3 is 2.67 bits per heavy atom. The molecule has 7 heteroatoms. The molecule has 0 fully saturated rings. The molecule has 0 aliphatic rings. The van der Waals surface area contributed by atoms with Crippen molar-refractivity contribution in [1.82, 2.24) is 10.3 Å². The van der Waals surface area contributed by atoms with Gasteiger partial charge in [0.2, 0.25) is 0 Å². The predicted octanol–water partition coefficient (Wildman–Crippen LogP) is 2.67. The Kier molecular flexibility index (Phi) is 6.45. The maximum atomic E-state index is 12.3. The zero-order valence-corrected chi connectivity index (χ0v) is 14.4. The van der Waals surface area contributed by atoms with E-state index in [-0.39, 0.29) is 12.5 Å². The van der Waals surface area contributed by atoms with Gasteiger partial charge < -0.3 is 15.2 Å². The van der Waals surface area contributed by atoms with Gasteiger partial charge in [0.1, 0.15) is 22.0 Å². The summed E-state index contributed by atoms with van der Waals surface area (Å²) in [5, 5.41) is 12.6. The van der Waals surface area contributed by atoms with Gasteiger partial charge in [0, 0.05) is 13.0 Å². The van der Waals surface area contributed by atoms with Crippen molar-refractivity contribution in [3.63, 3.8) is 0 Å². The van der Waals surface area contributed by atoms with Gasteiger partial charge in [-0.2, -0.15) is 0 Å². The number of hydrogen-bond acceptors (Lipinski definition) is 5. The number of carboxylic acids is 1. The number of ether oxygens (including phenoxy) is 1. The van der Waals surface area contributed by atoms with Crippen LogP contribution in [0.2, 0.25) is 0 Å². The molecule has 0 aliphatic heterocycles. The zero-order valence-electron chi connectivity index (χ0n) is 13.6. The Hall–Kier alpha value is -2.25. The molecule has 0 spiro atoms. The molecule has 2 rings (SSSR count). The van der Waals surface area contributed by atoms with E-state index < -0.39 is 17.9 Å². The summed E-state index contributed by atoms with van der Waals surface area (Å²) >= 11 is 1.21. The number of carbonyl (C=O) groups is 2. The number of nitrogens with zero attached hydrogens (tertiary/aromatic N) is 1. The average Bonchev–Trinajstić information content (AvgIpc) is 3.05. The fourth-order valence-electron chi connectivity index (χ4n) is 2.18. The first-order valence-electron chi connectivity index (χ1n) is 7.66. The molecular weight excluding hydrogens is 328 g/mol.